The van der Waals surface area contributed by atoms with E-state index in [0.29, 0.717) is 0 Å². The topological polar surface area (TPSA) is 0 Å². The summed E-state index contributed by atoms with van der Waals surface area (Å²) in [5.41, 5.74) is 1.56. The Morgan fingerprint density at radius 1 is 1.45 bits per heavy atom. The number of halogens is 1. The van der Waals surface area contributed by atoms with Crippen molar-refractivity contribution in [2.24, 2.45) is 5.92 Å². The van der Waals surface area contributed by atoms with Crippen molar-refractivity contribution in [3.05, 3.63) is 11.6 Å². The minimum atomic E-state index is 0.863. The molecule has 1 heteroatoms. The van der Waals surface area contributed by atoms with Gasteiger partial charge in [-0.05, 0) is 25.7 Å². The number of hydrogen-bond donors (Lipinski definition) is 0. The average molecular weight is 266 g/mol. The third-order valence-corrected chi connectivity index (χ3v) is 2.22. The van der Waals surface area contributed by atoms with Crippen LogP contribution >= 0.6 is 22.6 Å². The maximum atomic E-state index is 2.39. The van der Waals surface area contributed by atoms with Gasteiger partial charge in [0.25, 0.3) is 0 Å². The highest BCUT2D eigenvalue weighted by Gasteiger charge is 1.94. The predicted octanol–water partition coefficient (Wildman–Crippen LogP) is 4.19. The maximum absolute atomic E-state index is 2.39. The lowest BCUT2D eigenvalue weighted by atomic mass is 10.0. The van der Waals surface area contributed by atoms with Crippen LogP contribution in [-0.2, 0) is 0 Å². The van der Waals surface area contributed by atoms with Gasteiger partial charge in [0.1, 0.15) is 0 Å². The Bertz CT molecular complexity index is 114. The Morgan fingerprint density at radius 3 is 2.55 bits per heavy atom. The maximum Gasteiger partial charge on any atom is 0.0178 e. The van der Waals surface area contributed by atoms with Crippen molar-refractivity contribution in [2.45, 2.75) is 40.0 Å². The second-order valence-corrected chi connectivity index (χ2v) is 4.37. The quantitative estimate of drug-likeness (QED) is 0.397. The van der Waals surface area contributed by atoms with E-state index in [1.54, 1.807) is 5.57 Å². The molecular weight excluding hydrogens is 247 g/mol. The molecule has 66 valence electrons. The highest BCUT2D eigenvalue weighted by molar-refractivity contribution is 14.1. The number of allylic oxidation sites excluding steroid dienone is 2. The zero-order chi connectivity index (χ0) is 8.69. The molecule has 0 aliphatic heterocycles. The van der Waals surface area contributed by atoms with E-state index in [1.807, 2.05) is 0 Å². The Balaban J connectivity index is 3.31. The first kappa shape index (κ1) is 11.5. The lowest BCUT2D eigenvalue weighted by Gasteiger charge is -2.03. The Hall–Kier alpha value is 0.470. The number of rotatable bonds is 5. The highest BCUT2D eigenvalue weighted by atomic mass is 127. The summed E-state index contributed by atoms with van der Waals surface area (Å²) in [6.45, 7) is 6.81. The second kappa shape index (κ2) is 7.14. The van der Waals surface area contributed by atoms with Crippen molar-refractivity contribution in [3.8, 4) is 0 Å². The van der Waals surface area contributed by atoms with Crippen LogP contribution in [0, 0.1) is 5.92 Å². The molecule has 0 bridgehead atoms. The summed E-state index contributed by atoms with van der Waals surface area (Å²) in [4.78, 5) is 0. The molecule has 0 aromatic heterocycles. The lowest BCUT2D eigenvalue weighted by molar-refractivity contribution is 0.554. The first-order chi connectivity index (χ1) is 5.16. The molecule has 0 aliphatic carbocycles. The fraction of sp³-hybridized carbons (Fsp3) is 0.800. The first-order valence-corrected chi connectivity index (χ1v) is 5.91. The SMILES string of the molecule is CC(=CCI)CCCC(C)C. The van der Waals surface area contributed by atoms with E-state index in [0.717, 1.165) is 10.3 Å². The van der Waals surface area contributed by atoms with Gasteiger partial charge in [-0.15, -0.1) is 0 Å². The number of hydrogen-bond acceptors (Lipinski definition) is 0. The minimum Gasteiger partial charge on any atom is -0.0818 e. The molecule has 0 atom stereocenters. The van der Waals surface area contributed by atoms with E-state index in [1.165, 1.54) is 19.3 Å². The van der Waals surface area contributed by atoms with Gasteiger partial charge in [0.05, 0.1) is 0 Å². The molecule has 0 unspecified atom stereocenters. The molecule has 11 heavy (non-hydrogen) atoms. The molecule has 0 aromatic carbocycles. The molecule has 0 nitrogen and oxygen atoms in total. The van der Waals surface area contributed by atoms with Crippen molar-refractivity contribution >= 4 is 22.6 Å². The van der Waals surface area contributed by atoms with Gasteiger partial charge in [-0.25, -0.2) is 0 Å². The molecule has 0 spiro atoms. The van der Waals surface area contributed by atoms with E-state index >= 15 is 0 Å². The standard InChI is InChI=1S/C10H19I/c1-9(2)5-4-6-10(3)7-8-11/h7,9H,4-6,8H2,1-3H3. The summed E-state index contributed by atoms with van der Waals surface area (Å²) in [7, 11) is 0. The van der Waals surface area contributed by atoms with Crippen LogP contribution in [0.3, 0.4) is 0 Å². The van der Waals surface area contributed by atoms with Crippen molar-refractivity contribution in [3.63, 3.8) is 0 Å². The zero-order valence-corrected chi connectivity index (χ0v) is 10.0. The predicted molar refractivity (Wildman–Crippen MR) is 61.3 cm³/mol. The van der Waals surface area contributed by atoms with Crippen molar-refractivity contribution in [1.29, 1.82) is 0 Å². The minimum absolute atomic E-state index is 0.863. The Kier molecular flexibility index (Phi) is 7.44. The lowest BCUT2D eigenvalue weighted by Crippen LogP contribution is -1.87. The van der Waals surface area contributed by atoms with Gasteiger partial charge in [-0.3, -0.25) is 0 Å². The van der Waals surface area contributed by atoms with E-state index in [2.05, 4.69) is 49.4 Å². The molecule has 0 saturated heterocycles. The summed E-state index contributed by atoms with van der Waals surface area (Å²) in [5.74, 6) is 0.863. The van der Waals surface area contributed by atoms with Crippen LogP contribution in [0.15, 0.2) is 11.6 Å². The van der Waals surface area contributed by atoms with Crippen molar-refractivity contribution in [2.75, 3.05) is 4.43 Å². The Morgan fingerprint density at radius 2 is 2.09 bits per heavy atom. The molecule has 0 radical (unpaired) electrons. The van der Waals surface area contributed by atoms with Gasteiger partial charge >= 0.3 is 0 Å². The fourth-order valence-electron chi connectivity index (χ4n) is 1.02. The van der Waals surface area contributed by atoms with Crippen LogP contribution in [0.5, 0.6) is 0 Å². The summed E-state index contributed by atoms with van der Waals surface area (Å²) in [5, 5.41) is 0. The first-order valence-electron chi connectivity index (χ1n) is 4.38. The van der Waals surface area contributed by atoms with Crippen molar-refractivity contribution in [1.82, 2.24) is 0 Å². The van der Waals surface area contributed by atoms with Crippen LogP contribution in [0.1, 0.15) is 40.0 Å². The smallest absolute Gasteiger partial charge is 0.0178 e. The summed E-state index contributed by atoms with van der Waals surface area (Å²) in [6, 6.07) is 0. The molecule has 0 amide bonds. The second-order valence-electron chi connectivity index (χ2n) is 3.49. The average Bonchev–Trinajstić information content (AvgIpc) is 1.87. The third kappa shape index (κ3) is 8.38. The summed E-state index contributed by atoms with van der Waals surface area (Å²) < 4.78 is 1.16. The van der Waals surface area contributed by atoms with Gasteiger partial charge in [0, 0.05) is 4.43 Å². The van der Waals surface area contributed by atoms with Crippen LogP contribution in [0.2, 0.25) is 0 Å². The van der Waals surface area contributed by atoms with Crippen molar-refractivity contribution < 1.29 is 0 Å². The molecule has 0 fully saturated rings. The summed E-state index contributed by atoms with van der Waals surface area (Å²) in [6.07, 6.45) is 6.34. The molecule has 0 aliphatic rings. The van der Waals surface area contributed by atoms with Crippen LogP contribution < -0.4 is 0 Å². The molecular formula is C10H19I. The van der Waals surface area contributed by atoms with E-state index in [9.17, 15) is 0 Å². The van der Waals surface area contributed by atoms with Crippen LogP contribution in [0.4, 0.5) is 0 Å². The molecule has 0 saturated carbocycles. The van der Waals surface area contributed by atoms with E-state index in [4.69, 9.17) is 0 Å². The third-order valence-electron chi connectivity index (χ3n) is 1.78. The molecule has 0 heterocycles. The van der Waals surface area contributed by atoms with E-state index < -0.39 is 0 Å². The van der Waals surface area contributed by atoms with Gasteiger partial charge < -0.3 is 0 Å². The van der Waals surface area contributed by atoms with Gasteiger partial charge in [-0.1, -0.05) is 54.5 Å². The van der Waals surface area contributed by atoms with Gasteiger partial charge in [0.15, 0.2) is 0 Å². The van der Waals surface area contributed by atoms with Crippen LogP contribution in [-0.4, -0.2) is 4.43 Å². The summed E-state index contributed by atoms with van der Waals surface area (Å²) >= 11 is 2.39. The normalized spacial score (nSPS) is 12.6. The number of alkyl halides is 1. The van der Waals surface area contributed by atoms with Gasteiger partial charge in [-0.2, -0.15) is 0 Å². The highest BCUT2D eigenvalue weighted by Crippen LogP contribution is 2.11. The van der Waals surface area contributed by atoms with E-state index in [-0.39, 0.29) is 0 Å². The monoisotopic (exact) mass is 266 g/mol. The zero-order valence-electron chi connectivity index (χ0n) is 7.86. The Labute approximate surface area is 84.6 Å². The molecule has 0 aromatic rings. The molecule has 0 N–H and O–H groups in total. The van der Waals surface area contributed by atoms with Gasteiger partial charge in [0.2, 0.25) is 0 Å². The fourth-order valence-corrected chi connectivity index (χ4v) is 1.77. The van der Waals surface area contributed by atoms with Crippen LogP contribution in [0.25, 0.3) is 0 Å². The largest absolute Gasteiger partial charge is 0.0818 e. The molecule has 0 rings (SSSR count).